The van der Waals surface area contributed by atoms with Gasteiger partial charge in [0.05, 0.1) is 0 Å². The van der Waals surface area contributed by atoms with Gasteiger partial charge in [-0.05, 0) is 50.4 Å². The molecule has 2 N–H and O–H groups in total. The van der Waals surface area contributed by atoms with E-state index in [0.717, 1.165) is 18.4 Å². The second-order valence-corrected chi connectivity index (χ2v) is 7.83. The van der Waals surface area contributed by atoms with Crippen LogP contribution < -0.4 is 5.32 Å². The molecule has 1 saturated heterocycles. The average molecular weight is 294 g/mol. The van der Waals surface area contributed by atoms with Gasteiger partial charge in [0.2, 0.25) is 0 Å². The lowest BCUT2D eigenvalue weighted by atomic mass is 9.90. The zero-order chi connectivity index (χ0) is 14.5. The normalized spacial score (nSPS) is 33.0. The summed E-state index contributed by atoms with van der Waals surface area (Å²) < 4.78 is 0. The van der Waals surface area contributed by atoms with Gasteiger partial charge in [-0.15, -0.1) is 0 Å². The van der Waals surface area contributed by atoms with E-state index in [4.69, 9.17) is 0 Å². The molecule has 122 valence electrons. The minimum absolute atomic E-state index is 0.359. The van der Waals surface area contributed by atoms with Crippen LogP contribution in [0.25, 0.3) is 0 Å². The van der Waals surface area contributed by atoms with Crippen LogP contribution in [-0.2, 0) is 0 Å². The Balaban J connectivity index is 1.52. The quantitative estimate of drug-likeness (QED) is 0.791. The number of hydrogen-bond donors (Lipinski definition) is 2. The molecular formula is C18H34N2O. The Labute approximate surface area is 130 Å². The molecule has 2 atom stereocenters. The fourth-order valence-corrected chi connectivity index (χ4v) is 4.95. The standard InChI is InChI=1S/C18H34N2O/c21-10-9-16-11-18(19-17-7-3-4-8-17)14-20(13-16)12-15-5-1-2-6-15/h15-19,21H,1-14H2. The summed E-state index contributed by atoms with van der Waals surface area (Å²) in [7, 11) is 0. The highest BCUT2D eigenvalue weighted by molar-refractivity contribution is 4.88. The molecule has 3 rings (SSSR count). The second kappa shape index (κ2) is 7.94. The topological polar surface area (TPSA) is 35.5 Å². The molecule has 3 aliphatic rings. The summed E-state index contributed by atoms with van der Waals surface area (Å²) in [5.74, 6) is 1.65. The molecule has 0 radical (unpaired) electrons. The Morgan fingerprint density at radius 3 is 2.29 bits per heavy atom. The van der Waals surface area contributed by atoms with E-state index >= 15 is 0 Å². The summed E-state index contributed by atoms with van der Waals surface area (Å²) in [6.45, 7) is 4.14. The minimum atomic E-state index is 0.359. The summed E-state index contributed by atoms with van der Waals surface area (Å²) in [4.78, 5) is 2.71. The van der Waals surface area contributed by atoms with Crippen LogP contribution >= 0.6 is 0 Å². The maximum Gasteiger partial charge on any atom is 0.0434 e. The van der Waals surface area contributed by atoms with E-state index in [-0.39, 0.29) is 0 Å². The predicted octanol–water partition coefficient (Wildman–Crippen LogP) is 2.78. The van der Waals surface area contributed by atoms with Crippen LogP contribution in [0.2, 0.25) is 0 Å². The molecule has 2 unspecified atom stereocenters. The lowest BCUT2D eigenvalue weighted by Gasteiger charge is -2.40. The molecule has 1 aliphatic heterocycles. The van der Waals surface area contributed by atoms with Crippen LogP contribution in [0.15, 0.2) is 0 Å². The molecular weight excluding hydrogens is 260 g/mol. The van der Waals surface area contributed by atoms with Gasteiger partial charge in [0, 0.05) is 38.3 Å². The van der Waals surface area contributed by atoms with E-state index in [1.54, 1.807) is 0 Å². The van der Waals surface area contributed by atoms with E-state index in [9.17, 15) is 5.11 Å². The minimum Gasteiger partial charge on any atom is -0.396 e. The van der Waals surface area contributed by atoms with Crippen molar-refractivity contribution in [1.82, 2.24) is 10.2 Å². The largest absolute Gasteiger partial charge is 0.396 e. The number of nitrogens with zero attached hydrogens (tertiary/aromatic N) is 1. The Kier molecular flexibility index (Phi) is 5.96. The second-order valence-electron chi connectivity index (χ2n) is 7.83. The summed E-state index contributed by atoms with van der Waals surface area (Å²) in [6.07, 6.45) is 13.6. The first-order valence-corrected chi connectivity index (χ1v) is 9.42. The van der Waals surface area contributed by atoms with Crippen LogP contribution in [0.1, 0.15) is 64.2 Å². The molecule has 0 spiro atoms. The van der Waals surface area contributed by atoms with Crippen LogP contribution in [0.5, 0.6) is 0 Å². The van der Waals surface area contributed by atoms with Crippen LogP contribution in [-0.4, -0.2) is 48.3 Å². The van der Waals surface area contributed by atoms with Gasteiger partial charge in [-0.3, -0.25) is 0 Å². The van der Waals surface area contributed by atoms with Crippen molar-refractivity contribution in [2.24, 2.45) is 11.8 Å². The smallest absolute Gasteiger partial charge is 0.0434 e. The predicted molar refractivity (Wildman–Crippen MR) is 87.4 cm³/mol. The SMILES string of the molecule is OCCC1CC(NC2CCCC2)CN(CC2CCCC2)C1. The van der Waals surface area contributed by atoms with Crippen molar-refractivity contribution in [3.05, 3.63) is 0 Å². The molecule has 21 heavy (non-hydrogen) atoms. The van der Waals surface area contributed by atoms with Crippen molar-refractivity contribution in [3.63, 3.8) is 0 Å². The number of aliphatic hydroxyl groups excluding tert-OH is 1. The van der Waals surface area contributed by atoms with Crippen LogP contribution in [0, 0.1) is 11.8 Å². The Morgan fingerprint density at radius 2 is 1.57 bits per heavy atom. The van der Waals surface area contributed by atoms with Gasteiger partial charge >= 0.3 is 0 Å². The number of rotatable bonds is 6. The summed E-state index contributed by atoms with van der Waals surface area (Å²) in [6, 6.07) is 1.44. The molecule has 3 nitrogen and oxygen atoms in total. The van der Waals surface area contributed by atoms with Gasteiger partial charge in [0.1, 0.15) is 0 Å². The van der Waals surface area contributed by atoms with Crippen molar-refractivity contribution in [2.75, 3.05) is 26.2 Å². The summed E-state index contributed by atoms with van der Waals surface area (Å²) in [5.41, 5.74) is 0. The van der Waals surface area contributed by atoms with E-state index < -0.39 is 0 Å². The van der Waals surface area contributed by atoms with Gasteiger partial charge in [0.15, 0.2) is 0 Å². The van der Waals surface area contributed by atoms with Gasteiger partial charge < -0.3 is 15.3 Å². The van der Waals surface area contributed by atoms with Gasteiger partial charge in [0.25, 0.3) is 0 Å². The molecule has 3 fully saturated rings. The molecule has 2 saturated carbocycles. The zero-order valence-electron chi connectivity index (χ0n) is 13.6. The number of aliphatic hydroxyl groups is 1. The Bertz CT molecular complexity index is 272. The Morgan fingerprint density at radius 1 is 0.857 bits per heavy atom. The number of piperidine rings is 1. The molecule has 1 heterocycles. The summed E-state index contributed by atoms with van der Waals surface area (Å²) >= 11 is 0. The van der Waals surface area contributed by atoms with Gasteiger partial charge in [-0.1, -0.05) is 25.7 Å². The van der Waals surface area contributed by atoms with E-state index in [0.29, 0.717) is 18.6 Å². The summed E-state index contributed by atoms with van der Waals surface area (Å²) in [5, 5.41) is 13.3. The third kappa shape index (κ3) is 4.67. The average Bonchev–Trinajstić information content (AvgIpc) is 3.12. The fourth-order valence-electron chi connectivity index (χ4n) is 4.95. The van der Waals surface area contributed by atoms with Crippen molar-refractivity contribution in [1.29, 1.82) is 0 Å². The first-order valence-electron chi connectivity index (χ1n) is 9.42. The molecule has 0 aromatic heterocycles. The maximum atomic E-state index is 9.32. The first-order chi connectivity index (χ1) is 10.3. The molecule has 0 aromatic rings. The lowest BCUT2D eigenvalue weighted by Crippen LogP contribution is -2.52. The van der Waals surface area contributed by atoms with Gasteiger partial charge in [-0.25, -0.2) is 0 Å². The number of hydrogen-bond acceptors (Lipinski definition) is 3. The maximum absolute atomic E-state index is 9.32. The van der Waals surface area contributed by atoms with E-state index in [1.807, 2.05) is 0 Å². The number of nitrogens with one attached hydrogen (secondary N) is 1. The van der Waals surface area contributed by atoms with Crippen molar-refractivity contribution < 1.29 is 5.11 Å². The highest BCUT2D eigenvalue weighted by Gasteiger charge is 2.30. The first kappa shape index (κ1) is 15.8. The van der Waals surface area contributed by atoms with Gasteiger partial charge in [-0.2, -0.15) is 0 Å². The third-order valence-corrected chi connectivity index (χ3v) is 5.97. The molecule has 3 heteroatoms. The Hall–Kier alpha value is -0.120. The van der Waals surface area contributed by atoms with E-state index in [2.05, 4.69) is 10.2 Å². The van der Waals surface area contributed by atoms with Crippen molar-refractivity contribution in [3.8, 4) is 0 Å². The fraction of sp³-hybridized carbons (Fsp3) is 1.00. The molecule has 0 amide bonds. The third-order valence-electron chi connectivity index (χ3n) is 5.97. The highest BCUT2D eigenvalue weighted by atomic mass is 16.3. The van der Waals surface area contributed by atoms with Crippen LogP contribution in [0.4, 0.5) is 0 Å². The molecule has 2 aliphatic carbocycles. The lowest BCUT2D eigenvalue weighted by molar-refractivity contribution is 0.103. The van der Waals surface area contributed by atoms with E-state index in [1.165, 1.54) is 77.4 Å². The van der Waals surface area contributed by atoms with Crippen LogP contribution in [0.3, 0.4) is 0 Å². The monoisotopic (exact) mass is 294 g/mol. The van der Waals surface area contributed by atoms with Crippen molar-refractivity contribution >= 4 is 0 Å². The number of likely N-dealkylation sites (tertiary alicyclic amines) is 1. The molecule has 0 aromatic carbocycles. The van der Waals surface area contributed by atoms with Crippen molar-refractivity contribution in [2.45, 2.75) is 76.3 Å². The molecule has 0 bridgehead atoms. The zero-order valence-corrected chi connectivity index (χ0v) is 13.6. The highest BCUT2D eigenvalue weighted by Crippen LogP contribution is 2.29.